The van der Waals surface area contributed by atoms with Crippen LogP contribution in [0.5, 0.6) is 0 Å². The maximum atomic E-state index is 13.3. The first-order valence-electron chi connectivity index (χ1n) is 12.5. The molecule has 1 aromatic carbocycles. The van der Waals surface area contributed by atoms with Gasteiger partial charge >= 0.3 is 6.18 Å². The van der Waals surface area contributed by atoms with Crippen LogP contribution in [-0.2, 0) is 21.0 Å². The van der Waals surface area contributed by atoms with Gasteiger partial charge in [-0.1, -0.05) is 51.5 Å². The van der Waals surface area contributed by atoms with Gasteiger partial charge in [-0.05, 0) is 43.0 Å². The minimum atomic E-state index is -4.67. The number of anilines is 1. The number of nitrogens with two attached hydrogens (primary N) is 1. The minimum absolute atomic E-state index is 0.0577. The molecule has 0 bridgehead atoms. The summed E-state index contributed by atoms with van der Waals surface area (Å²) in [5, 5.41) is 3.64. The second-order valence-electron chi connectivity index (χ2n) is 9.51. The average Bonchev–Trinajstić information content (AvgIpc) is 3.11. The molecule has 0 aliphatic carbocycles. The minimum Gasteiger partial charge on any atom is -0.399 e. The number of halogens is 3. The molecule has 2 heterocycles. The van der Waals surface area contributed by atoms with Crippen molar-refractivity contribution in [1.29, 1.82) is 0 Å². The van der Waals surface area contributed by atoms with Gasteiger partial charge in [0, 0.05) is 30.6 Å². The topological polar surface area (TPSA) is 105 Å². The van der Waals surface area contributed by atoms with E-state index >= 15 is 0 Å². The van der Waals surface area contributed by atoms with E-state index in [1.165, 1.54) is 36.1 Å². The first-order valence-corrected chi connectivity index (χ1v) is 14.0. The van der Waals surface area contributed by atoms with Crippen LogP contribution in [0.1, 0.15) is 82.3 Å². The van der Waals surface area contributed by atoms with Gasteiger partial charge in [0.2, 0.25) is 10.0 Å². The highest BCUT2D eigenvalue weighted by molar-refractivity contribution is 7.92. The standard InChI is InChI=1S/C25H35F3N4O3S/c1-2-3-4-5-6-7-8-9-22-30-23(33)24(31-22)13-15-32(16-14-24)36(34,35)17-12-19-10-11-20(29)18-21(19)25(26,27)28/h10-12,17-18H,2-9,13-16,29H2,1H3,(H,30,31,33)/b17-12+. The molecule has 0 saturated carbocycles. The fraction of sp³-hybridized carbons (Fsp3) is 0.600. The molecule has 2 aliphatic heterocycles. The van der Waals surface area contributed by atoms with Crippen molar-refractivity contribution in [2.75, 3.05) is 18.8 Å². The molecule has 1 aromatic rings. The van der Waals surface area contributed by atoms with E-state index in [9.17, 15) is 26.4 Å². The maximum absolute atomic E-state index is 13.3. The summed E-state index contributed by atoms with van der Waals surface area (Å²) in [6, 6.07) is 3.20. The van der Waals surface area contributed by atoms with Crippen LogP contribution < -0.4 is 11.1 Å². The van der Waals surface area contributed by atoms with Crippen molar-refractivity contribution in [3.8, 4) is 0 Å². The number of carbonyl (C=O) groups is 1. The third kappa shape index (κ3) is 7.09. The molecule has 2 aliphatic rings. The highest BCUT2D eigenvalue weighted by atomic mass is 32.2. The number of rotatable bonds is 11. The number of unbranched alkanes of at least 4 members (excludes halogenated alkanes) is 6. The number of benzene rings is 1. The Morgan fingerprint density at radius 1 is 1.11 bits per heavy atom. The van der Waals surface area contributed by atoms with Crippen molar-refractivity contribution in [1.82, 2.24) is 9.62 Å². The maximum Gasteiger partial charge on any atom is 0.417 e. The molecule has 1 spiro atoms. The number of sulfonamides is 1. The lowest BCUT2D eigenvalue weighted by molar-refractivity contribution is -0.137. The fourth-order valence-electron chi connectivity index (χ4n) is 4.61. The smallest absolute Gasteiger partial charge is 0.399 e. The van der Waals surface area contributed by atoms with Crippen LogP contribution in [-0.4, -0.2) is 43.1 Å². The van der Waals surface area contributed by atoms with Gasteiger partial charge in [0.05, 0.1) is 5.56 Å². The normalized spacial score (nSPS) is 18.7. The largest absolute Gasteiger partial charge is 0.417 e. The SMILES string of the molecule is CCCCCCCCCC1=NC2(CCN(S(=O)(=O)/C=C/c3ccc(N)cc3C(F)(F)F)CC2)C(=O)N1. The molecule has 7 nitrogen and oxygen atoms in total. The van der Waals surface area contributed by atoms with Crippen LogP contribution >= 0.6 is 0 Å². The molecule has 0 radical (unpaired) electrons. The van der Waals surface area contributed by atoms with Crippen molar-refractivity contribution >= 4 is 33.5 Å². The van der Waals surface area contributed by atoms with E-state index in [4.69, 9.17) is 5.73 Å². The van der Waals surface area contributed by atoms with Gasteiger partial charge in [-0.25, -0.2) is 8.42 Å². The van der Waals surface area contributed by atoms with Gasteiger partial charge in [-0.15, -0.1) is 0 Å². The number of piperidine rings is 1. The molecular formula is C25H35F3N4O3S. The van der Waals surface area contributed by atoms with E-state index in [0.29, 0.717) is 12.3 Å². The molecular weight excluding hydrogens is 493 g/mol. The zero-order chi connectivity index (χ0) is 26.4. The van der Waals surface area contributed by atoms with Crippen LogP contribution in [0.15, 0.2) is 28.6 Å². The quantitative estimate of drug-likeness (QED) is 0.308. The Hall–Kier alpha value is -2.40. The van der Waals surface area contributed by atoms with E-state index in [1.54, 1.807) is 0 Å². The number of nitrogens with zero attached hydrogens (tertiary/aromatic N) is 2. The van der Waals surface area contributed by atoms with Gasteiger partial charge in [0.15, 0.2) is 0 Å². The highest BCUT2D eigenvalue weighted by Gasteiger charge is 2.46. The van der Waals surface area contributed by atoms with Crippen LogP contribution in [0.4, 0.5) is 18.9 Å². The second-order valence-corrected chi connectivity index (χ2v) is 11.3. The van der Waals surface area contributed by atoms with E-state index in [-0.39, 0.29) is 43.1 Å². The number of amides is 1. The predicted octanol–water partition coefficient (Wildman–Crippen LogP) is 5.09. The third-order valence-corrected chi connectivity index (χ3v) is 8.32. The number of nitrogen functional groups attached to an aromatic ring is 1. The Morgan fingerprint density at radius 2 is 1.75 bits per heavy atom. The van der Waals surface area contributed by atoms with Gasteiger partial charge in [0.25, 0.3) is 5.91 Å². The summed E-state index contributed by atoms with van der Waals surface area (Å²) in [6.45, 7) is 2.30. The zero-order valence-electron chi connectivity index (χ0n) is 20.6. The molecule has 1 amide bonds. The second kappa shape index (κ2) is 11.8. The first-order chi connectivity index (χ1) is 17.0. The zero-order valence-corrected chi connectivity index (χ0v) is 21.4. The van der Waals surface area contributed by atoms with Crippen molar-refractivity contribution in [3.63, 3.8) is 0 Å². The number of hydrogen-bond acceptors (Lipinski definition) is 5. The summed E-state index contributed by atoms with van der Waals surface area (Å²) in [4.78, 5) is 17.3. The number of hydrogen-bond donors (Lipinski definition) is 2. The summed E-state index contributed by atoms with van der Waals surface area (Å²) in [6.07, 6.45) is 5.50. The van der Waals surface area contributed by atoms with E-state index < -0.39 is 27.3 Å². The fourth-order valence-corrected chi connectivity index (χ4v) is 5.79. The first kappa shape index (κ1) is 28.2. The van der Waals surface area contributed by atoms with Gasteiger partial charge in [-0.2, -0.15) is 17.5 Å². The molecule has 1 saturated heterocycles. The average molecular weight is 529 g/mol. The summed E-state index contributed by atoms with van der Waals surface area (Å²) in [5.74, 6) is 0.456. The molecule has 3 rings (SSSR count). The third-order valence-electron chi connectivity index (χ3n) is 6.76. The molecule has 0 atom stereocenters. The molecule has 0 aromatic heterocycles. The number of nitrogens with one attached hydrogen (secondary N) is 1. The Bertz CT molecular complexity index is 1090. The molecule has 11 heteroatoms. The lowest BCUT2D eigenvalue weighted by atomic mass is 9.89. The number of aliphatic imine (C=N–C) groups is 1. The van der Waals surface area contributed by atoms with Gasteiger partial charge in [0.1, 0.15) is 11.4 Å². The highest BCUT2D eigenvalue weighted by Crippen LogP contribution is 2.35. The Kier molecular flexibility index (Phi) is 9.21. The number of amidine groups is 1. The lowest BCUT2D eigenvalue weighted by Gasteiger charge is -2.34. The van der Waals surface area contributed by atoms with Crippen molar-refractivity contribution < 1.29 is 26.4 Å². The predicted molar refractivity (Wildman–Crippen MR) is 136 cm³/mol. The monoisotopic (exact) mass is 528 g/mol. The summed E-state index contributed by atoms with van der Waals surface area (Å²) in [5.41, 5.74) is 3.14. The van der Waals surface area contributed by atoms with E-state index in [1.807, 2.05) is 0 Å². The van der Waals surface area contributed by atoms with Gasteiger partial charge in [-0.3, -0.25) is 9.79 Å². The van der Waals surface area contributed by atoms with Crippen LogP contribution in [0, 0.1) is 0 Å². The van der Waals surface area contributed by atoms with Crippen molar-refractivity contribution in [3.05, 3.63) is 34.7 Å². The molecule has 36 heavy (non-hydrogen) atoms. The van der Waals surface area contributed by atoms with E-state index in [0.717, 1.165) is 42.9 Å². The number of alkyl halides is 3. The van der Waals surface area contributed by atoms with Crippen molar-refractivity contribution in [2.45, 2.75) is 82.8 Å². The lowest BCUT2D eigenvalue weighted by Crippen LogP contribution is -2.50. The molecule has 200 valence electrons. The summed E-state index contributed by atoms with van der Waals surface area (Å²) >= 11 is 0. The van der Waals surface area contributed by atoms with Crippen LogP contribution in [0.25, 0.3) is 6.08 Å². The Labute approximate surface area is 211 Å². The summed E-state index contributed by atoms with van der Waals surface area (Å²) < 4.78 is 66.7. The van der Waals surface area contributed by atoms with Crippen molar-refractivity contribution in [2.24, 2.45) is 4.99 Å². The Morgan fingerprint density at radius 3 is 2.39 bits per heavy atom. The van der Waals surface area contributed by atoms with Gasteiger partial charge < -0.3 is 11.1 Å². The Balaban J connectivity index is 1.58. The molecule has 0 unspecified atom stereocenters. The molecule has 3 N–H and O–H groups in total. The molecule has 1 fully saturated rings. The van der Waals surface area contributed by atoms with E-state index in [2.05, 4.69) is 17.2 Å². The van der Waals surface area contributed by atoms with Crippen LogP contribution in [0.2, 0.25) is 0 Å². The van der Waals surface area contributed by atoms with Crippen LogP contribution in [0.3, 0.4) is 0 Å². The number of carbonyl (C=O) groups excluding carboxylic acids is 1. The summed E-state index contributed by atoms with van der Waals surface area (Å²) in [7, 11) is -3.98.